The number of halogens is 2. The molecule has 1 aromatic rings. The molecular formula is C16H19Cl2NO4. The first-order chi connectivity index (χ1) is 10.5. The van der Waals surface area contributed by atoms with Gasteiger partial charge in [-0.2, -0.15) is 0 Å². The van der Waals surface area contributed by atoms with E-state index in [1.54, 1.807) is 39.0 Å². The Balaban J connectivity index is 2.29. The summed E-state index contributed by atoms with van der Waals surface area (Å²) in [7, 11) is 0. The van der Waals surface area contributed by atoms with Gasteiger partial charge in [-0.3, -0.25) is 4.79 Å². The molecule has 5 nitrogen and oxygen atoms in total. The van der Waals surface area contributed by atoms with E-state index in [9.17, 15) is 14.7 Å². The summed E-state index contributed by atoms with van der Waals surface area (Å²) in [5.74, 6) is -0.998. The number of rotatable bonds is 2. The second-order valence-electron chi connectivity index (χ2n) is 6.67. The summed E-state index contributed by atoms with van der Waals surface area (Å²) < 4.78 is 5.32. The number of likely N-dealkylation sites (tertiary alicyclic amines) is 1. The van der Waals surface area contributed by atoms with Gasteiger partial charge in [-0.1, -0.05) is 29.3 Å². The number of hydrogen-bond donors (Lipinski definition) is 1. The van der Waals surface area contributed by atoms with Crippen molar-refractivity contribution in [3.63, 3.8) is 0 Å². The minimum absolute atomic E-state index is 0.0369. The van der Waals surface area contributed by atoms with E-state index in [4.69, 9.17) is 27.9 Å². The van der Waals surface area contributed by atoms with E-state index in [1.807, 2.05) is 0 Å². The molecular weight excluding hydrogens is 341 g/mol. The third-order valence-electron chi connectivity index (χ3n) is 3.80. The van der Waals surface area contributed by atoms with Crippen molar-refractivity contribution in [2.45, 2.75) is 38.2 Å². The molecule has 1 aliphatic rings. The normalized spacial score (nSPS) is 21.3. The highest BCUT2D eigenvalue weighted by Gasteiger charge is 2.48. The van der Waals surface area contributed by atoms with Crippen LogP contribution in [0.1, 0.15) is 32.8 Å². The maximum Gasteiger partial charge on any atom is 0.410 e. The predicted molar refractivity (Wildman–Crippen MR) is 88.2 cm³/mol. The molecule has 0 aromatic heterocycles. The first kappa shape index (κ1) is 17.9. The number of aliphatic carboxylic acids is 1. The van der Waals surface area contributed by atoms with Gasteiger partial charge in [0, 0.05) is 13.1 Å². The zero-order chi connectivity index (χ0) is 17.4. The van der Waals surface area contributed by atoms with Crippen molar-refractivity contribution >= 4 is 35.3 Å². The number of carboxylic acid groups (broad SMARTS) is 1. The van der Waals surface area contributed by atoms with Crippen LogP contribution in [0.5, 0.6) is 0 Å². The van der Waals surface area contributed by atoms with Gasteiger partial charge in [-0.15, -0.1) is 0 Å². The number of nitrogens with zero attached hydrogens (tertiary/aromatic N) is 1. The Morgan fingerprint density at radius 1 is 1.26 bits per heavy atom. The molecule has 23 heavy (non-hydrogen) atoms. The lowest BCUT2D eigenvalue weighted by molar-refractivity contribution is -0.143. The summed E-state index contributed by atoms with van der Waals surface area (Å²) in [6.45, 7) is 5.65. The van der Waals surface area contributed by atoms with Gasteiger partial charge >= 0.3 is 12.1 Å². The minimum Gasteiger partial charge on any atom is -0.481 e. The van der Waals surface area contributed by atoms with E-state index >= 15 is 0 Å². The Hall–Kier alpha value is -1.46. The van der Waals surface area contributed by atoms with Crippen LogP contribution in [-0.2, 0) is 14.9 Å². The van der Waals surface area contributed by atoms with Crippen LogP contribution >= 0.6 is 23.2 Å². The third-order valence-corrected chi connectivity index (χ3v) is 4.54. The van der Waals surface area contributed by atoms with E-state index < -0.39 is 23.1 Å². The summed E-state index contributed by atoms with van der Waals surface area (Å²) in [4.78, 5) is 25.5. The Labute approximate surface area is 145 Å². The zero-order valence-electron chi connectivity index (χ0n) is 13.2. The van der Waals surface area contributed by atoms with E-state index in [0.717, 1.165) is 0 Å². The molecule has 0 spiro atoms. The van der Waals surface area contributed by atoms with Crippen molar-refractivity contribution in [3.05, 3.63) is 33.8 Å². The van der Waals surface area contributed by atoms with E-state index in [-0.39, 0.29) is 6.54 Å². The largest absolute Gasteiger partial charge is 0.481 e. The standard InChI is InChI=1S/C16H19Cl2NO4/c1-15(2,3)23-14(22)19-7-6-16(9-19,13(20)21)10-4-5-11(17)12(18)8-10/h4-5,8H,6-7,9H2,1-3H3,(H,20,21). The quantitative estimate of drug-likeness (QED) is 0.867. The van der Waals surface area contributed by atoms with E-state index in [1.165, 1.54) is 4.90 Å². The first-order valence-corrected chi connectivity index (χ1v) is 7.98. The molecule has 1 atom stereocenters. The number of benzene rings is 1. The van der Waals surface area contributed by atoms with Crippen molar-refractivity contribution < 1.29 is 19.4 Å². The fourth-order valence-corrected chi connectivity index (χ4v) is 2.92. The number of ether oxygens (including phenoxy) is 1. The topological polar surface area (TPSA) is 66.8 Å². The van der Waals surface area contributed by atoms with Crippen molar-refractivity contribution in [3.8, 4) is 0 Å². The molecule has 0 aliphatic carbocycles. The average molecular weight is 360 g/mol. The van der Waals surface area contributed by atoms with Crippen LogP contribution in [0.3, 0.4) is 0 Å². The Morgan fingerprint density at radius 2 is 1.91 bits per heavy atom. The number of hydrogen-bond acceptors (Lipinski definition) is 3. The summed E-state index contributed by atoms with van der Waals surface area (Å²) in [5.41, 5.74) is -1.30. The molecule has 1 heterocycles. The monoisotopic (exact) mass is 359 g/mol. The summed E-state index contributed by atoms with van der Waals surface area (Å²) >= 11 is 11.9. The van der Waals surface area contributed by atoms with Crippen molar-refractivity contribution in [2.24, 2.45) is 0 Å². The van der Waals surface area contributed by atoms with E-state index in [2.05, 4.69) is 0 Å². The Morgan fingerprint density at radius 3 is 2.43 bits per heavy atom. The van der Waals surface area contributed by atoms with Crippen molar-refractivity contribution in [1.29, 1.82) is 0 Å². The van der Waals surface area contributed by atoms with Gasteiger partial charge < -0.3 is 14.7 Å². The fraction of sp³-hybridized carbons (Fsp3) is 0.500. The van der Waals surface area contributed by atoms with Crippen LogP contribution in [0.4, 0.5) is 4.79 Å². The summed E-state index contributed by atoms with van der Waals surface area (Å²) in [6.07, 6.45) is -0.222. The van der Waals surface area contributed by atoms with Crippen LogP contribution in [0.15, 0.2) is 18.2 Å². The molecule has 0 saturated carbocycles. The molecule has 126 valence electrons. The molecule has 1 saturated heterocycles. The number of amides is 1. The molecule has 1 N–H and O–H groups in total. The molecule has 1 unspecified atom stereocenters. The summed E-state index contributed by atoms with van der Waals surface area (Å²) in [5, 5.41) is 10.4. The van der Waals surface area contributed by atoms with Crippen LogP contribution in [0.2, 0.25) is 10.0 Å². The molecule has 0 radical (unpaired) electrons. The van der Waals surface area contributed by atoms with E-state index in [0.29, 0.717) is 28.6 Å². The smallest absolute Gasteiger partial charge is 0.410 e. The third kappa shape index (κ3) is 3.72. The highest BCUT2D eigenvalue weighted by molar-refractivity contribution is 6.42. The lowest BCUT2D eigenvalue weighted by atomic mass is 9.80. The minimum atomic E-state index is -1.20. The number of carbonyl (C=O) groups excluding carboxylic acids is 1. The van der Waals surface area contributed by atoms with Crippen LogP contribution in [0, 0.1) is 0 Å². The molecule has 1 amide bonds. The maximum absolute atomic E-state index is 12.2. The van der Waals surface area contributed by atoms with Crippen LogP contribution in [0.25, 0.3) is 0 Å². The van der Waals surface area contributed by atoms with Crippen molar-refractivity contribution in [1.82, 2.24) is 4.90 Å². The predicted octanol–water partition coefficient (Wildman–Crippen LogP) is 3.96. The highest BCUT2D eigenvalue weighted by Crippen LogP contribution is 2.38. The van der Waals surface area contributed by atoms with Gasteiger partial charge in [-0.25, -0.2) is 4.79 Å². The molecule has 1 aromatic carbocycles. The average Bonchev–Trinajstić information content (AvgIpc) is 2.86. The van der Waals surface area contributed by atoms with Crippen molar-refractivity contribution in [2.75, 3.05) is 13.1 Å². The molecule has 0 bridgehead atoms. The maximum atomic E-state index is 12.2. The molecule has 7 heteroatoms. The second kappa shape index (κ2) is 6.21. The fourth-order valence-electron chi connectivity index (χ4n) is 2.62. The Bertz CT molecular complexity index is 641. The Kier molecular flexibility index (Phi) is 4.83. The van der Waals surface area contributed by atoms with Gasteiger partial charge in [0.05, 0.1) is 10.0 Å². The van der Waals surface area contributed by atoms with Gasteiger partial charge in [0.1, 0.15) is 11.0 Å². The highest BCUT2D eigenvalue weighted by atomic mass is 35.5. The van der Waals surface area contributed by atoms with Crippen LogP contribution < -0.4 is 0 Å². The number of carbonyl (C=O) groups is 2. The molecule has 2 rings (SSSR count). The van der Waals surface area contributed by atoms with Gasteiger partial charge in [-0.05, 0) is 44.9 Å². The number of carboxylic acids is 1. The summed E-state index contributed by atoms with van der Waals surface area (Å²) in [6, 6.07) is 4.76. The van der Waals surface area contributed by atoms with Gasteiger partial charge in [0.2, 0.25) is 0 Å². The lowest BCUT2D eigenvalue weighted by Gasteiger charge is -2.27. The SMILES string of the molecule is CC(C)(C)OC(=O)N1CCC(C(=O)O)(c2ccc(Cl)c(Cl)c2)C1. The second-order valence-corrected chi connectivity index (χ2v) is 7.48. The van der Waals surface area contributed by atoms with Gasteiger partial charge in [0.15, 0.2) is 0 Å². The first-order valence-electron chi connectivity index (χ1n) is 7.22. The lowest BCUT2D eigenvalue weighted by Crippen LogP contribution is -2.42. The van der Waals surface area contributed by atoms with Crippen LogP contribution in [-0.4, -0.2) is 40.8 Å². The molecule has 1 aliphatic heterocycles. The van der Waals surface area contributed by atoms with Gasteiger partial charge in [0.25, 0.3) is 0 Å². The molecule has 1 fully saturated rings. The zero-order valence-corrected chi connectivity index (χ0v) is 14.7.